The molecule has 2 rings (SSSR count). The topological polar surface area (TPSA) is 86.8 Å². The number of amides is 2. The molecule has 0 heterocycles. The van der Waals surface area contributed by atoms with Gasteiger partial charge in [0.2, 0.25) is 21.8 Å². The highest BCUT2D eigenvalue weighted by Crippen LogP contribution is 2.21. The van der Waals surface area contributed by atoms with Crippen molar-refractivity contribution in [2.24, 2.45) is 0 Å². The molecule has 7 nitrogen and oxygen atoms in total. The van der Waals surface area contributed by atoms with E-state index in [9.17, 15) is 18.0 Å². The first kappa shape index (κ1) is 28.1. The number of anilines is 1. The number of sulfonamides is 1. The van der Waals surface area contributed by atoms with E-state index in [4.69, 9.17) is 0 Å². The van der Waals surface area contributed by atoms with Crippen LogP contribution in [0.2, 0.25) is 0 Å². The first-order valence-corrected chi connectivity index (χ1v) is 14.0. The monoisotopic (exact) mass is 599 g/mol. The molecule has 0 spiro atoms. The number of carbonyl (C=O) groups is 2. The summed E-state index contributed by atoms with van der Waals surface area (Å²) in [5.74, 6) is -0.708. The highest BCUT2D eigenvalue weighted by Gasteiger charge is 2.33. The fourth-order valence-corrected chi connectivity index (χ4v) is 4.77. The van der Waals surface area contributed by atoms with Crippen LogP contribution in [0, 0.1) is 10.5 Å². The number of carbonyl (C=O) groups excluding carboxylic acids is 2. The molecule has 1 N–H and O–H groups in total. The maximum absolute atomic E-state index is 13.7. The van der Waals surface area contributed by atoms with Gasteiger partial charge in [-0.15, -0.1) is 0 Å². The molecule has 0 aliphatic heterocycles. The number of nitrogens with zero attached hydrogens (tertiary/aromatic N) is 2. The summed E-state index contributed by atoms with van der Waals surface area (Å²) in [6.45, 7) is 9.24. The molecule has 0 unspecified atom stereocenters. The zero-order valence-electron chi connectivity index (χ0n) is 20.6. The van der Waals surface area contributed by atoms with Crippen LogP contribution in [-0.2, 0) is 26.2 Å². The van der Waals surface area contributed by atoms with Gasteiger partial charge in [0.1, 0.15) is 12.6 Å². The van der Waals surface area contributed by atoms with Crippen LogP contribution in [-0.4, -0.2) is 49.5 Å². The minimum Gasteiger partial charge on any atom is -0.350 e. The number of nitrogens with one attached hydrogen (secondary N) is 1. The first-order valence-electron chi connectivity index (χ1n) is 11.1. The molecule has 2 aromatic rings. The van der Waals surface area contributed by atoms with E-state index in [1.807, 2.05) is 58.9 Å². The fraction of sp³-hybridized carbons (Fsp3) is 0.440. The van der Waals surface area contributed by atoms with Gasteiger partial charge in [0.05, 0.1) is 11.9 Å². The van der Waals surface area contributed by atoms with Gasteiger partial charge in [-0.1, -0.05) is 31.2 Å². The summed E-state index contributed by atoms with van der Waals surface area (Å²) in [7, 11) is -3.74. The molecule has 186 valence electrons. The van der Waals surface area contributed by atoms with Crippen molar-refractivity contribution in [1.29, 1.82) is 0 Å². The van der Waals surface area contributed by atoms with Crippen molar-refractivity contribution in [1.82, 2.24) is 10.2 Å². The highest BCUT2D eigenvalue weighted by atomic mass is 127. The van der Waals surface area contributed by atoms with Crippen LogP contribution in [0.5, 0.6) is 0 Å². The third-order valence-corrected chi connectivity index (χ3v) is 7.14. The predicted molar refractivity (Wildman–Crippen MR) is 145 cm³/mol. The van der Waals surface area contributed by atoms with E-state index in [2.05, 4.69) is 27.9 Å². The van der Waals surface area contributed by atoms with E-state index >= 15 is 0 Å². The Kier molecular flexibility index (Phi) is 9.53. The molecule has 0 saturated carbocycles. The summed E-state index contributed by atoms with van der Waals surface area (Å²) in [6.07, 6.45) is 1.47. The lowest BCUT2D eigenvalue weighted by atomic mass is 10.0. The lowest BCUT2D eigenvalue weighted by Gasteiger charge is -2.34. The summed E-state index contributed by atoms with van der Waals surface area (Å²) in [5.41, 5.74) is 1.82. The van der Waals surface area contributed by atoms with Crippen LogP contribution in [0.4, 0.5) is 5.69 Å². The maximum Gasteiger partial charge on any atom is 0.244 e. The maximum atomic E-state index is 13.7. The van der Waals surface area contributed by atoms with E-state index in [0.29, 0.717) is 12.1 Å². The van der Waals surface area contributed by atoms with Crippen molar-refractivity contribution in [3.05, 3.63) is 63.2 Å². The molecule has 0 bridgehead atoms. The van der Waals surface area contributed by atoms with E-state index in [1.165, 1.54) is 4.90 Å². The fourth-order valence-electron chi connectivity index (χ4n) is 3.56. The quantitative estimate of drug-likeness (QED) is 0.441. The summed E-state index contributed by atoms with van der Waals surface area (Å²) in [4.78, 5) is 28.3. The summed E-state index contributed by atoms with van der Waals surface area (Å²) >= 11 is 2.14. The molecule has 0 aromatic heterocycles. The Morgan fingerprint density at radius 2 is 1.65 bits per heavy atom. The molecule has 0 fully saturated rings. The molecule has 2 aromatic carbocycles. The van der Waals surface area contributed by atoms with Crippen molar-refractivity contribution in [2.75, 3.05) is 17.1 Å². The van der Waals surface area contributed by atoms with Gasteiger partial charge in [-0.3, -0.25) is 13.9 Å². The number of rotatable bonds is 9. The lowest BCUT2D eigenvalue weighted by molar-refractivity contribution is -0.141. The van der Waals surface area contributed by atoms with Crippen molar-refractivity contribution in [3.8, 4) is 0 Å². The zero-order chi connectivity index (χ0) is 25.7. The van der Waals surface area contributed by atoms with E-state index < -0.39 is 34.1 Å². The molecular weight excluding hydrogens is 565 g/mol. The molecule has 1 atom stereocenters. The SMILES string of the molecule is CC[C@H](C(=O)NC(C)(C)C)N(Cc1ccccc1C)C(=O)CN(c1ccc(I)cc1)S(C)(=O)=O. The van der Waals surface area contributed by atoms with Crippen LogP contribution >= 0.6 is 22.6 Å². The van der Waals surface area contributed by atoms with Crippen LogP contribution in [0.1, 0.15) is 45.2 Å². The molecule has 34 heavy (non-hydrogen) atoms. The average molecular weight is 600 g/mol. The molecule has 0 radical (unpaired) electrons. The molecule has 2 amide bonds. The van der Waals surface area contributed by atoms with Gasteiger partial charge in [0, 0.05) is 15.7 Å². The third kappa shape index (κ3) is 7.97. The van der Waals surface area contributed by atoms with Gasteiger partial charge in [0.25, 0.3) is 0 Å². The van der Waals surface area contributed by atoms with Crippen molar-refractivity contribution in [3.63, 3.8) is 0 Å². The number of benzene rings is 2. The minimum absolute atomic E-state index is 0.200. The second-order valence-corrected chi connectivity index (χ2v) is 12.5. The van der Waals surface area contributed by atoms with E-state index in [1.54, 1.807) is 24.3 Å². The minimum atomic E-state index is -3.74. The smallest absolute Gasteiger partial charge is 0.244 e. The normalized spacial score (nSPS) is 12.7. The zero-order valence-corrected chi connectivity index (χ0v) is 23.6. The van der Waals surface area contributed by atoms with Gasteiger partial charge in [-0.05, 0) is 92.1 Å². The largest absolute Gasteiger partial charge is 0.350 e. The molecule has 0 aliphatic rings. The standard InChI is InChI=1S/C25H34IN3O4S/c1-7-22(24(31)27-25(3,4)5)28(16-19-11-9-8-10-18(19)2)23(30)17-29(34(6,32)33)21-14-12-20(26)13-15-21/h8-15,22H,7,16-17H2,1-6H3,(H,27,31)/t22-/m1/s1. The number of hydrogen-bond donors (Lipinski definition) is 1. The van der Waals surface area contributed by atoms with Crippen molar-refractivity contribution >= 4 is 50.1 Å². The Balaban J connectivity index is 2.46. The summed E-state index contributed by atoms with van der Waals surface area (Å²) in [6, 6.07) is 13.8. The average Bonchev–Trinajstić information content (AvgIpc) is 2.71. The molecular formula is C25H34IN3O4S. The van der Waals surface area contributed by atoms with Crippen LogP contribution in [0.3, 0.4) is 0 Å². The molecule has 0 saturated heterocycles. The van der Waals surface area contributed by atoms with Crippen molar-refractivity contribution < 1.29 is 18.0 Å². The van der Waals surface area contributed by atoms with E-state index in [0.717, 1.165) is 25.3 Å². The van der Waals surface area contributed by atoms with E-state index in [-0.39, 0.29) is 12.5 Å². The third-order valence-electron chi connectivity index (χ3n) is 5.28. The Morgan fingerprint density at radius 3 is 2.15 bits per heavy atom. The van der Waals surface area contributed by atoms with Crippen LogP contribution in [0.25, 0.3) is 0 Å². The molecule has 9 heteroatoms. The first-order chi connectivity index (χ1) is 15.7. The Morgan fingerprint density at radius 1 is 1.06 bits per heavy atom. The second kappa shape index (κ2) is 11.5. The van der Waals surface area contributed by atoms with Crippen LogP contribution in [0.15, 0.2) is 48.5 Å². The number of halogens is 1. The Bertz CT molecular complexity index is 1110. The Hall–Kier alpha value is -2.14. The van der Waals surface area contributed by atoms with Crippen molar-refractivity contribution in [2.45, 2.75) is 59.2 Å². The molecule has 0 aliphatic carbocycles. The Labute approximate surface area is 217 Å². The van der Waals surface area contributed by atoms with Crippen LogP contribution < -0.4 is 9.62 Å². The van der Waals surface area contributed by atoms with Gasteiger partial charge in [-0.2, -0.15) is 0 Å². The van der Waals surface area contributed by atoms with Gasteiger partial charge in [-0.25, -0.2) is 8.42 Å². The lowest BCUT2D eigenvalue weighted by Crippen LogP contribution is -2.55. The highest BCUT2D eigenvalue weighted by molar-refractivity contribution is 14.1. The summed E-state index contributed by atoms with van der Waals surface area (Å²) < 4.78 is 27.3. The van der Waals surface area contributed by atoms with Gasteiger partial charge < -0.3 is 10.2 Å². The predicted octanol–water partition coefficient (Wildman–Crippen LogP) is 4.09. The second-order valence-electron chi connectivity index (χ2n) is 9.36. The number of aryl methyl sites for hydroxylation is 1. The number of hydrogen-bond acceptors (Lipinski definition) is 4. The summed E-state index contributed by atoms with van der Waals surface area (Å²) in [5, 5.41) is 2.96. The van der Waals surface area contributed by atoms with Gasteiger partial charge >= 0.3 is 0 Å². The van der Waals surface area contributed by atoms with Gasteiger partial charge in [0.15, 0.2) is 0 Å².